The Balaban J connectivity index is 1.78. The molecule has 1 heterocycles. The van der Waals surface area contributed by atoms with Gasteiger partial charge in [-0.15, -0.1) is 11.6 Å². The van der Waals surface area contributed by atoms with Crippen molar-refractivity contribution >= 4 is 23.4 Å². The van der Waals surface area contributed by atoms with Gasteiger partial charge in [0.25, 0.3) is 0 Å². The highest BCUT2D eigenvalue weighted by Gasteiger charge is 2.32. The van der Waals surface area contributed by atoms with E-state index >= 15 is 0 Å². The Morgan fingerprint density at radius 1 is 1.28 bits per heavy atom. The first-order chi connectivity index (χ1) is 11.7. The van der Waals surface area contributed by atoms with Gasteiger partial charge >= 0.3 is 6.18 Å². The molecule has 1 saturated heterocycles. The lowest BCUT2D eigenvalue weighted by atomic mass is 9.93. The van der Waals surface area contributed by atoms with Crippen molar-refractivity contribution in [2.45, 2.75) is 25.4 Å². The Morgan fingerprint density at radius 3 is 2.40 bits per heavy atom. The molecule has 0 aliphatic carbocycles. The zero-order chi connectivity index (χ0) is 18.6. The number of carbonyl (C=O) groups is 2. The van der Waals surface area contributed by atoms with Gasteiger partial charge in [-0.05, 0) is 23.6 Å². The lowest BCUT2D eigenvalue weighted by Crippen LogP contribution is -2.54. The number of hydrogen-bond acceptors (Lipinski definition) is 2. The zero-order valence-electron chi connectivity index (χ0n) is 13.8. The minimum Gasteiger partial charge on any atom is -0.355 e. The third-order valence-corrected chi connectivity index (χ3v) is 4.55. The average Bonchev–Trinajstić information content (AvgIpc) is 2.52. The lowest BCUT2D eigenvalue weighted by molar-refractivity contribution is -0.138. The van der Waals surface area contributed by atoms with E-state index in [-0.39, 0.29) is 36.0 Å². The van der Waals surface area contributed by atoms with Crippen LogP contribution >= 0.6 is 11.6 Å². The highest BCUT2D eigenvalue weighted by atomic mass is 35.5. The number of rotatable bonds is 6. The number of hydrogen-bond donors (Lipinski definition) is 1. The van der Waals surface area contributed by atoms with E-state index in [0.717, 1.165) is 12.1 Å². The first kappa shape index (κ1) is 19.6. The van der Waals surface area contributed by atoms with Crippen molar-refractivity contribution in [1.82, 2.24) is 10.2 Å². The largest absolute Gasteiger partial charge is 0.416 e. The summed E-state index contributed by atoms with van der Waals surface area (Å²) in [6.07, 6.45) is -4.12. The predicted molar refractivity (Wildman–Crippen MR) is 88.3 cm³/mol. The second-order valence-electron chi connectivity index (χ2n) is 6.33. The van der Waals surface area contributed by atoms with Crippen molar-refractivity contribution in [3.8, 4) is 0 Å². The topological polar surface area (TPSA) is 49.4 Å². The van der Waals surface area contributed by atoms with Crippen LogP contribution in [0.2, 0.25) is 0 Å². The predicted octanol–water partition coefficient (Wildman–Crippen LogP) is 3.01. The van der Waals surface area contributed by atoms with E-state index in [2.05, 4.69) is 5.32 Å². The number of alkyl halides is 4. The van der Waals surface area contributed by atoms with Crippen LogP contribution in [0.1, 0.15) is 30.4 Å². The van der Waals surface area contributed by atoms with Crippen LogP contribution in [0.4, 0.5) is 13.2 Å². The highest BCUT2D eigenvalue weighted by Crippen LogP contribution is 2.31. The molecule has 1 N–H and O–H groups in total. The van der Waals surface area contributed by atoms with E-state index in [0.29, 0.717) is 25.2 Å². The molecule has 8 heteroatoms. The van der Waals surface area contributed by atoms with E-state index < -0.39 is 11.7 Å². The molecule has 0 spiro atoms. The molecule has 25 heavy (non-hydrogen) atoms. The van der Waals surface area contributed by atoms with Crippen molar-refractivity contribution in [3.05, 3.63) is 35.4 Å². The number of halogens is 4. The summed E-state index contributed by atoms with van der Waals surface area (Å²) in [5.41, 5.74) is 0.00662. The Hall–Kier alpha value is -1.76. The normalized spacial score (nSPS) is 16.3. The molecule has 0 saturated carbocycles. The summed E-state index contributed by atoms with van der Waals surface area (Å²) in [6.45, 7) is 3.45. The maximum absolute atomic E-state index is 12.6. The number of amides is 2. The molecule has 2 amide bonds. The molecule has 1 fully saturated rings. The van der Waals surface area contributed by atoms with E-state index in [1.165, 1.54) is 12.1 Å². The number of nitrogens with one attached hydrogen (secondary N) is 1. The van der Waals surface area contributed by atoms with Gasteiger partial charge in [-0.2, -0.15) is 13.2 Å². The fraction of sp³-hybridized carbons (Fsp3) is 0.529. The van der Waals surface area contributed by atoms with Crippen molar-refractivity contribution < 1.29 is 22.8 Å². The van der Waals surface area contributed by atoms with Crippen molar-refractivity contribution in [1.29, 1.82) is 0 Å². The third-order valence-electron chi connectivity index (χ3n) is 4.31. The fourth-order valence-electron chi connectivity index (χ4n) is 2.72. The van der Waals surface area contributed by atoms with Gasteiger partial charge in [-0.25, -0.2) is 0 Å². The molecular formula is C17H20ClF3N2O2. The van der Waals surface area contributed by atoms with Gasteiger partial charge < -0.3 is 10.2 Å². The van der Waals surface area contributed by atoms with Crippen LogP contribution in [-0.4, -0.2) is 42.2 Å². The van der Waals surface area contributed by atoms with Gasteiger partial charge in [-0.3, -0.25) is 9.59 Å². The molecule has 4 nitrogen and oxygen atoms in total. The molecular weight excluding hydrogens is 357 g/mol. The second kappa shape index (κ2) is 8.08. The first-order valence-electron chi connectivity index (χ1n) is 7.98. The van der Waals surface area contributed by atoms with Gasteiger partial charge in [-0.1, -0.05) is 19.1 Å². The number of carbonyl (C=O) groups excluding carboxylic acids is 2. The molecule has 1 aliphatic heterocycles. The molecule has 0 radical (unpaired) electrons. The highest BCUT2D eigenvalue weighted by molar-refractivity contribution is 6.27. The minimum atomic E-state index is -4.36. The number of likely N-dealkylation sites (tertiary alicyclic amines) is 1. The molecule has 1 aliphatic rings. The summed E-state index contributed by atoms with van der Waals surface area (Å²) >= 11 is 5.39. The van der Waals surface area contributed by atoms with Gasteiger partial charge in [0.15, 0.2) is 0 Å². The van der Waals surface area contributed by atoms with E-state index in [1.807, 2.05) is 6.92 Å². The first-order valence-corrected chi connectivity index (χ1v) is 8.51. The molecule has 138 valence electrons. The number of nitrogens with zero attached hydrogens (tertiary/aromatic N) is 1. The van der Waals surface area contributed by atoms with Crippen LogP contribution in [-0.2, 0) is 15.8 Å². The molecule has 1 unspecified atom stereocenters. The van der Waals surface area contributed by atoms with E-state index in [4.69, 9.17) is 11.6 Å². The summed E-state index contributed by atoms with van der Waals surface area (Å²) in [5.74, 6) is -0.294. The quantitative estimate of drug-likeness (QED) is 0.776. The summed E-state index contributed by atoms with van der Waals surface area (Å²) in [6, 6.07) is 4.91. The number of benzene rings is 1. The standard InChI is InChI=1S/C17H20ClF3N2O2/c1-11(13-2-4-14(5-3-13)17(19,20)21)6-16(25)23-9-12(10-23)8-22-15(24)7-18/h2-5,11-12H,6-10H2,1H3,(H,22,24). The smallest absolute Gasteiger partial charge is 0.355 e. The van der Waals surface area contributed by atoms with Crippen LogP contribution in [0, 0.1) is 5.92 Å². The van der Waals surface area contributed by atoms with Crippen molar-refractivity contribution in [2.75, 3.05) is 25.5 Å². The zero-order valence-corrected chi connectivity index (χ0v) is 14.5. The van der Waals surface area contributed by atoms with E-state index in [1.54, 1.807) is 4.90 Å². The Morgan fingerprint density at radius 2 is 1.88 bits per heavy atom. The van der Waals surface area contributed by atoms with Crippen molar-refractivity contribution in [3.63, 3.8) is 0 Å². The maximum Gasteiger partial charge on any atom is 0.416 e. The molecule has 2 rings (SSSR count). The Bertz CT molecular complexity index is 613. The lowest BCUT2D eigenvalue weighted by Gasteiger charge is -2.40. The average molecular weight is 377 g/mol. The van der Waals surface area contributed by atoms with Gasteiger partial charge in [0, 0.05) is 32.0 Å². The van der Waals surface area contributed by atoms with Crippen LogP contribution in [0.15, 0.2) is 24.3 Å². The maximum atomic E-state index is 12.6. The summed E-state index contributed by atoms with van der Waals surface area (Å²) in [5, 5.41) is 2.68. The molecule has 1 aromatic rings. The molecule has 0 bridgehead atoms. The summed E-state index contributed by atoms with van der Waals surface area (Å²) < 4.78 is 37.7. The summed E-state index contributed by atoms with van der Waals surface area (Å²) in [4.78, 5) is 25.0. The SMILES string of the molecule is CC(CC(=O)N1CC(CNC(=O)CCl)C1)c1ccc(C(F)(F)F)cc1. The monoisotopic (exact) mass is 376 g/mol. The Labute approximate surface area is 149 Å². The van der Waals surface area contributed by atoms with Gasteiger partial charge in [0.05, 0.1) is 5.56 Å². The molecule has 0 aromatic heterocycles. The van der Waals surface area contributed by atoms with Gasteiger partial charge in [0.1, 0.15) is 5.88 Å². The Kier molecular flexibility index (Phi) is 6.32. The van der Waals surface area contributed by atoms with Crippen LogP contribution in [0.5, 0.6) is 0 Å². The van der Waals surface area contributed by atoms with Crippen LogP contribution in [0.3, 0.4) is 0 Å². The summed E-state index contributed by atoms with van der Waals surface area (Å²) in [7, 11) is 0. The van der Waals surface area contributed by atoms with E-state index in [9.17, 15) is 22.8 Å². The van der Waals surface area contributed by atoms with Gasteiger partial charge in [0.2, 0.25) is 11.8 Å². The molecule has 1 aromatic carbocycles. The third kappa shape index (κ3) is 5.36. The minimum absolute atomic E-state index is 0.0349. The van der Waals surface area contributed by atoms with Crippen LogP contribution in [0.25, 0.3) is 0 Å². The molecule has 1 atom stereocenters. The second-order valence-corrected chi connectivity index (χ2v) is 6.59. The van der Waals surface area contributed by atoms with Crippen molar-refractivity contribution in [2.24, 2.45) is 5.92 Å². The fourth-order valence-corrected chi connectivity index (χ4v) is 2.81. The van der Waals surface area contributed by atoms with Crippen LogP contribution < -0.4 is 5.32 Å².